The summed E-state index contributed by atoms with van der Waals surface area (Å²) in [5.41, 5.74) is 0.556. The number of hydrogen-bond donors (Lipinski definition) is 2. The molecule has 10 radical (unpaired) electrons. The minimum absolute atomic E-state index is 0.0678. The summed E-state index contributed by atoms with van der Waals surface area (Å²) in [6.45, 7) is 0.414. The number of aromatic nitrogens is 6. The summed E-state index contributed by atoms with van der Waals surface area (Å²) in [4.78, 5) is 27.2. The van der Waals surface area contributed by atoms with Crippen molar-refractivity contribution in [2.45, 2.75) is 22.5 Å². The number of nitrogens with zero attached hydrogens (tertiary/aromatic N) is 7. The van der Waals surface area contributed by atoms with Crippen LogP contribution in [0.2, 0.25) is 5.11 Å². The van der Waals surface area contributed by atoms with Crippen LogP contribution in [-0.2, 0) is 15.7 Å². The van der Waals surface area contributed by atoms with Gasteiger partial charge in [-0.3, -0.25) is 9.48 Å². The van der Waals surface area contributed by atoms with Gasteiger partial charge in [-0.25, -0.2) is 15.0 Å². The monoisotopic (exact) mass is 496 g/mol. The normalized spacial score (nSPS) is 18.2. The van der Waals surface area contributed by atoms with Gasteiger partial charge in [0.1, 0.15) is 5.69 Å². The standard InChI is InChI=1S/C22H17B5N8O3/c1-34-8-6-20(37,18(34)36)17-9-16(33-38-17)14-4-2-3-13(31-14)15-5-7-28-19(32-15)30-12-10-29-35(11-12)22(26,27)21(23,24)25/h2-5,7,9-11,37H,6,8H2,1H3,(H,28,30,32). The van der Waals surface area contributed by atoms with Crippen molar-refractivity contribution in [2.75, 3.05) is 18.9 Å². The third kappa shape index (κ3) is 4.53. The minimum Gasteiger partial charge on any atom is -0.373 e. The van der Waals surface area contributed by atoms with Crippen molar-refractivity contribution in [2.24, 2.45) is 0 Å². The molecule has 0 bridgehead atoms. The van der Waals surface area contributed by atoms with Crippen molar-refractivity contribution in [3.8, 4) is 22.8 Å². The van der Waals surface area contributed by atoms with Crippen molar-refractivity contribution < 1.29 is 14.4 Å². The van der Waals surface area contributed by atoms with Gasteiger partial charge in [0.2, 0.25) is 11.5 Å². The molecule has 4 aromatic rings. The largest absolute Gasteiger partial charge is 0.373 e. The summed E-state index contributed by atoms with van der Waals surface area (Å²) in [7, 11) is 30.4. The van der Waals surface area contributed by atoms with E-state index in [1.807, 2.05) is 0 Å². The molecule has 1 amide bonds. The molecular formula is C22H17B5N8O3. The first kappa shape index (κ1) is 25.8. The fourth-order valence-corrected chi connectivity index (χ4v) is 3.87. The quantitative estimate of drug-likeness (QED) is 0.332. The second-order valence-electron chi connectivity index (χ2n) is 9.14. The fourth-order valence-electron chi connectivity index (χ4n) is 3.87. The molecule has 38 heavy (non-hydrogen) atoms. The number of rotatable bonds is 7. The molecule has 5 rings (SSSR count). The molecule has 1 aliphatic rings. The third-order valence-electron chi connectivity index (χ3n) is 6.27. The Labute approximate surface area is 224 Å². The molecule has 1 unspecified atom stereocenters. The molecule has 1 saturated heterocycles. The van der Waals surface area contributed by atoms with Gasteiger partial charge in [0, 0.05) is 38.5 Å². The molecule has 1 fully saturated rings. The van der Waals surface area contributed by atoms with E-state index in [9.17, 15) is 9.90 Å². The van der Waals surface area contributed by atoms with E-state index < -0.39 is 22.0 Å². The van der Waals surface area contributed by atoms with Crippen LogP contribution in [0.1, 0.15) is 12.2 Å². The first-order chi connectivity index (χ1) is 17.9. The number of likely N-dealkylation sites (N-methyl/N-ethyl adjacent to an activating group) is 1. The Hall–Kier alpha value is -3.80. The molecule has 0 spiro atoms. The van der Waals surface area contributed by atoms with Crippen molar-refractivity contribution in [3.63, 3.8) is 0 Å². The summed E-state index contributed by atoms with van der Waals surface area (Å²) >= 11 is 0. The lowest BCUT2D eigenvalue weighted by molar-refractivity contribution is -0.144. The zero-order valence-electron chi connectivity index (χ0n) is 20.3. The predicted molar refractivity (Wildman–Crippen MR) is 142 cm³/mol. The Morgan fingerprint density at radius 3 is 2.47 bits per heavy atom. The fraction of sp³-hybridized carbons (Fsp3) is 0.273. The number of likely N-dealkylation sites (tertiary alicyclic amines) is 1. The highest BCUT2D eigenvalue weighted by Crippen LogP contribution is 2.35. The Balaban J connectivity index is 1.37. The van der Waals surface area contributed by atoms with Crippen LogP contribution in [0.4, 0.5) is 11.6 Å². The molecular weight excluding hydrogens is 478 g/mol. The van der Waals surface area contributed by atoms with E-state index in [-0.39, 0.29) is 18.1 Å². The number of nitrogens with one attached hydrogen (secondary N) is 1. The van der Waals surface area contributed by atoms with E-state index in [1.165, 1.54) is 23.4 Å². The van der Waals surface area contributed by atoms with Crippen LogP contribution in [0.5, 0.6) is 0 Å². The minimum atomic E-state index is -1.94. The molecule has 0 aromatic carbocycles. The highest BCUT2D eigenvalue weighted by Gasteiger charge is 2.48. The average molecular weight is 495 g/mol. The maximum atomic E-state index is 12.4. The molecule has 0 aliphatic carbocycles. The molecule has 11 nitrogen and oxygen atoms in total. The highest BCUT2D eigenvalue weighted by molar-refractivity contribution is 6.66. The molecule has 4 aromatic heterocycles. The van der Waals surface area contributed by atoms with Crippen LogP contribution < -0.4 is 5.32 Å². The summed E-state index contributed by atoms with van der Waals surface area (Å²) in [6.07, 6.45) is 4.65. The number of pyridine rings is 1. The molecule has 178 valence electrons. The van der Waals surface area contributed by atoms with Crippen molar-refractivity contribution in [3.05, 3.63) is 54.7 Å². The van der Waals surface area contributed by atoms with E-state index in [4.69, 9.17) is 43.8 Å². The Morgan fingerprint density at radius 2 is 1.79 bits per heavy atom. The van der Waals surface area contributed by atoms with E-state index in [1.54, 1.807) is 37.5 Å². The summed E-state index contributed by atoms with van der Waals surface area (Å²) in [5, 5.41) is 18.1. The average Bonchev–Trinajstić information content (AvgIpc) is 3.62. The van der Waals surface area contributed by atoms with Crippen LogP contribution in [0.25, 0.3) is 22.8 Å². The summed E-state index contributed by atoms with van der Waals surface area (Å²) in [6, 6.07) is 8.46. The number of aliphatic hydroxyl groups is 1. The Kier molecular flexibility index (Phi) is 6.25. The van der Waals surface area contributed by atoms with Gasteiger partial charge in [0.15, 0.2) is 5.76 Å². The van der Waals surface area contributed by atoms with Gasteiger partial charge in [-0.15, -0.1) is 5.11 Å². The summed E-state index contributed by atoms with van der Waals surface area (Å²) < 4.78 is 6.46. The van der Waals surface area contributed by atoms with Crippen LogP contribution in [-0.4, -0.2) is 98.6 Å². The molecule has 0 saturated carbocycles. The lowest BCUT2D eigenvalue weighted by Crippen LogP contribution is -2.48. The van der Waals surface area contributed by atoms with E-state index in [0.717, 1.165) is 4.68 Å². The number of carbonyl (C=O) groups is 1. The molecule has 5 heterocycles. The van der Waals surface area contributed by atoms with Crippen molar-refractivity contribution >= 4 is 56.8 Å². The highest BCUT2D eigenvalue weighted by atomic mass is 16.5. The molecule has 1 aliphatic heterocycles. The van der Waals surface area contributed by atoms with Gasteiger partial charge in [0.25, 0.3) is 5.91 Å². The third-order valence-corrected chi connectivity index (χ3v) is 6.27. The number of hydrogen-bond acceptors (Lipinski definition) is 9. The number of carbonyl (C=O) groups excluding carboxylic acids is 1. The number of anilines is 2. The maximum Gasteiger partial charge on any atom is 0.262 e. The van der Waals surface area contributed by atoms with E-state index in [2.05, 4.69) is 30.5 Å². The number of amides is 1. The first-order valence-corrected chi connectivity index (χ1v) is 11.4. The van der Waals surface area contributed by atoms with Gasteiger partial charge in [-0.05, 0) is 23.5 Å². The Bertz CT molecular complexity index is 1500. The van der Waals surface area contributed by atoms with Crippen LogP contribution in [0.15, 0.2) is 53.4 Å². The SMILES string of the molecule is [B]C([B])([B])C([B])([B])n1cc(Nc2nccc(-c3cccc(-c4cc(C5(O)CCN(C)C5=O)on4)n3)n2)cn1. The first-order valence-electron chi connectivity index (χ1n) is 11.4. The lowest BCUT2D eigenvalue weighted by atomic mass is 9.26. The van der Waals surface area contributed by atoms with Gasteiger partial charge in [-0.2, -0.15) is 5.10 Å². The second kappa shape index (κ2) is 9.19. The van der Waals surface area contributed by atoms with Gasteiger partial charge < -0.3 is 19.8 Å². The summed E-state index contributed by atoms with van der Waals surface area (Å²) in [5.74, 6) is -0.132. The van der Waals surface area contributed by atoms with E-state index in [0.29, 0.717) is 35.0 Å². The zero-order chi connectivity index (χ0) is 27.3. The predicted octanol–water partition coefficient (Wildman–Crippen LogP) is -0.290. The topological polar surface area (TPSA) is 135 Å². The van der Waals surface area contributed by atoms with Gasteiger partial charge >= 0.3 is 0 Å². The van der Waals surface area contributed by atoms with E-state index >= 15 is 0 Å². The van der Waals surface area contributed by atoms with Crippen LogP contribution in [0.3, 0.4) is 0 Å². The molecule has 16 heteroatoms. The smallest absolute Gasteiger partial charge is 0.262 e. The van der Waals surface area contributed by atoms with Crippen molar-refractivity contribution in [1.82, 2.24) is 34.8 Å². The molecule has 1 atom stereocenters. The zero-order valence-corrected chi connectivity index (χ0v) is 20.3. The van der Waals surface area contributed by atoms with Gasteiger partial charge in [0.05, 0.1) is 68.2 Å². The molecule has 2 N–H and O–H groups in total. The van der Waals surface area contributed by atoms with Crippen LogP contribution >= 0.6 is 0 Å². The van der Waals surface area contributed by atoms with Crippen molar-refractivity contribution in [1.29, 1.82) is 0 Å². The van der Waals surface area contributed by atoms with Crippen LogP contribution in [0, 0.1) is 0 Å². The lowest BCUT2D eigenvalue weighted by Gasteiger charge is -2.42. The Morgan fingerprint density at radius 1 is 1.08 bits per heavy atom. The van der Waals surface area contributed by atoms with Gasteiger partial charge in [-0.1, -0.05) is 11.2 Å². The maximum absolute atomic E-state index is 12.4. The second-order valence-corrected chi connectivity index (χ2v) is 9.14.